The van der Waals surface area contributed by atoms with Gasteiger partial charge in [0, 0.05) is 15.8 Å². The van der Waals surface area contributed by atoms with E-state index in [0.29, 0.717) is 12.1 Å². The third-order valence-electron chi connectivity index (χ3n) is 3.02. The van der Waals surface area contributed by atoms with Crippen LogP contribution in [-0.4, -0.2) is 23.7 Å². The molecule has 0 aromatic heterocycles. The van der Waals surface area contributed by atoms with E-state index in [-0.39, 0.29) is 6.54 Å². The largest absolute Gasteiger partial charge is 0.481 e. The van der Waals surface area contributed by atoms with Crippen LogP contribution in [0.3, 0.4) is 0 Å². The summed E-state index contributed by atoms with van der Waals surface area (Å²) < 4.78 is 1.01. The lowest BCUT2D eigenvalue weighted by Gasteiger charge is -2.23. The number of carbonyl (C=O) groups is 2. The predicted molar refractivity (Wildman–Crippen MR) is 82.2 cm³/mol. The fourth-order valence-electron chi connectivity index (χ4n) is 1.37. The van der Waals surface area contributed by atoms with Crippen molar-refractivity contribution in [2.75, 3.05) is 11.9 Å². The maximum absolute atomic E-state index is 11.7. The number of carboxylic acids is 1. The van der Waals surface area contributed by atoms with E-state index in [2.05, 4.69) is 33.2 Å². The van der Waals surface area contributed by atoms with Crippen molar-refractivity contribution in [3.63, 3.8) is 0 Å². The molecule has 1 unspecified atom stereocenters. The Morgan fingerprint density at radius 1 is 1.42 bits per heavy atom. The molecule has 2 amide bonds. The van der Waals surface area contributed by atoms with Crippen molar-refractivity contribution in [2.45, 2.75) is 20.3 Å². The summed E-state index contributed by atoms with van der Waals surface area (Å²) in [5.74, 6) is -0.912. The fourth-order valence-corrected chi connectivity index (χ4v) is 1.91. The van der Waals surface area contributed by atoms with Crippen LogP contribution in [0.2, 0.25) is 0 Å². The standard InChI is InChI=1S/C13H17IN2O3/c1-3-13(2,11(17)18)8-15-12(19)16-10-6-4-5-9(14)7-10/h4-7H,3,8H2,1-2H3,(H,17,18)(H2,15,16,19). The molecule has 1 atom stereocenters. The molecule has 0 aliphatic rings. The second kappa shape index (κ2) is 6.74. The van der Waals surface area contributed by atoms with Gasteiger partial charge in [0.25, 0.3) is 0 Å². The summed E-state index contributed by atoms with van der Waals surface area (Å²) in [6, 6.07) is 6.96. The molecule has 1 aromatic carbocycles. The molecule has 0 bridgehead atoms. The summed E-state index contributed by atoms with van der Waals surface area (Å²) in [6.45, 7) is 3.49. The molecule has 19 heavy (non-hydrogen) atoms. The Bertz CT molecular complexity index is 479. The molecule has 0 saturated carbocycles. The van der Waals surface area contributed by atoms with E-state index >= 15 is 0 Å². The Labute approximate surface area is 125 Å². The number of amides is 2. The Morgan fingerprint density at radius 2 is 2.11 bits per heavy atom. The first kappa shape index (κ1) is 15.7. The topological polar surface area (TPSA) is 78.4 Å². The lowest BCUT2D eigenvalue weighted by atomic mass is 9.88. The highest BCUT2D eigenvalue weighted by molar-refractivity contribution is 14.1. The van der Waals surface area contributed by atoms with Gasteiger partial charge in [-0.05, 0) is 54.1 Å². The molecule has 104 valence electrons. The number of nitrogens with one attached hydrogen (secondary N) is 2. The Hall–Kier alpha value is -1.31. The zero-order valence-electron chi connectivity index (χ0n) is 10.9. The van der Waals surface area contributed by atoms with E-state index in [1.807, 2.05) is 18.2 Å². The average Bonchev–Trinajstić information content (AvgIpc) is 2.35. The molecular weight excluding hydrogens is 359 g/mol. The van der Waals surface area contributed by atoms with E-state index in [0.717, 1.165) is 3.57 Å². The van der Waals surface area contributed by atoms with Crippen molar-refractivity contribution in [2.24, 2.45) is 5.41 Å². The van der Waals surface area contributed by atoms with Gasteiger partial charge in [0.2, 0.25) is 0 Å². The van der Waals surface area contributed by atoms with Crippen molar-refractivity contribution in [3.05, 3.63) is 27.8 Å². The number of hydrogen-bond acceptors (Lipinski definition) is 2. The summed E-state index contributed by atoms with van der Waals surface area (Å²) in [4.78, 5) is 22.8. The molecule has 0 saturated heterocycles. The van der Waals surface area contributed by atoms with Crippen LogP contribution in [-0.2, 0) is 4.79 Å². The first-order valence-corrected chi connectivity index (χ1v) is 6.99. The Morgan fingerprint density at radius 3 is 2.63 bits per heavy atom. The van der Waals surface area contributed by atoms with Crippen LogP contribution in [0.25, 0.3) is 0 Å². The van der Waals surface area contributed by atoms with Gasteiger partial charge in [-0.1, -0.05) is 13.0 Å². The molecule has 3 N–H and O–H groups in total. The van der Waals surface area contributed by atoms with Crippen LogP contribution < -0.4 is 10.6 Å². The van der Waals surface area contributed by atoms with E-state index in [1.54, 1.807) is 19.9 Å². The van der Waals surface area contributed by atoms with Gasteiger partial charge in [-0.2, -0.15) is 0 Å². The van der Waals surface area contributed by atoms with E-state index in [1.165, 1.54) is 0 Å². The average molecular weight is 376 g/mol. The summed E-state index contributed by atoms with van der Waals surface area (Å²) in [6.07, 6.45) is 0.450. The van der Waals surface area contributed by atoms with Crippen LogP contribution >= 0.6 is 22.6 Å². The summed E-state index contributed by atoms with van der Waals surface area (Å²) in [5, 5.41) is 14.4. The van der Waals surface area contributed by atoms with Crippen molar-refractivity contribution in [3.8, 4) is 0 Å². The zero-order chi connectivity index (χ0) is 14.5. The number of halogens is 1. The third kappa shape index (κ3) is 4.70. The SMILES string of the molecule is CCC(C)(CNC(=O)Nc1cccc(I)c1)C(=O)O. The molecule has 1 rings (SSSR count). The highest BCUT2D eigenvalue weighted by atomic mass is 127. The number of carboxylic acid groups (broad SMARTS) is 1. The monoisotopic (exact) mass is 376 g/mol. The molecular formula is C13H17IN2O3. The molecule has 1 aromatic rings. The van der Waals surface area contributed by atoms with Crippen LogP contribution in [0.15, 0.2) is 24.3 Å². The van der Waals surface area contributed by atoms with Gasteiger partial charge in [-0.25, -0.2) is 4.79 Å². The molecule has 0 fully saturated rings. The minimum absolute atomic E-state index is 0.0919. The number of anilines is 1. The first-order chi connectivity index (χ1) is 8.87. The first-order valence-electron chi connectivity index (χ1n) is 5.91. The fraction of sp³-hybridized carbons (Fsp3) is 0.385. The molecule has 0 radical (unpaired) electrons. The highest BCUT2D eigenvalue weighted by Gasteiger charge is 2.31. The van der Waals surface area contributed by atoms with Gasteiger partial charge in [0.05, 0.1) is 5.41 Å². The highest BCUT2D eigenvalue weighted by Crippen LogP contribution is 2.20. The quantitative estimate of drug-likeness (QED) is 0.692. The van der Waals surface area contributed by atoms with Crippen LogP contribution in [0.4, 0.5) is 10.5 Å². The number of urea groups is 1. The number of benzene rings is 1. The Balaban J connectivity index is 2.55. The predicted octanol–water partition coefficient (Wildman–Crippen LogP) is 2.91. The van der Waals surface area contributed by atoms with Crippen molar-refractivity contribution in [1.29, 1.82) is 0 Å². The van der Waals surface area contributed by atoms with Crippen molar-refractivity contribution < 1.29 is 14.7 Å². The number of hydrogen-bond donors (Lipinski definition) is 3. The van der Waals surface area contributed by atoms with Crippen LogP contribution in [0.1, 0.15) is 20.3 Å². The number of aliphatic carboxylic acids is 1. The summed E-state index contributed by atoms with van der Waals surface area (Å²) in [5.41, 5.74) is -0.263. The van der Waals surface area contributed by atoms with Gasteiger partial charge in [-0.3, -0.25) is 4.79 Å². The normalized spacial score (nSPS) is 13.4. The van der Waals surface area contributed by atoms with Crippen LogP contribution in [0.5, 0.6) is 0 Å². The number of rotatable bonds is 5. The second-order valence-corrected chi connectivity index (χ2v) is 5.78. The molecule has 0 aliphatic heterocycles. The molecule has 0 spiro atoms. The minimum atomic E-state index is -0.942. The number of carbonyl (C=O) groups excluding carboxylic acids is 1. The van der Waals surface area contributed by atoms with Gasteiger partial charge < -0.3 is 15.7 Å². The third-order valence-corrected chi connectivity index (χ3v) is 3.69. The molecule has 0 heterocycles. The summed E-state index contributed by atoms with van der Waals surface area (Å²) in [7, 11) is 0. The van der Waals surface area contributed by atoms with E-state index < -0.39 is 17.4 Å². The lowest BCUT2D eigenvalue weighted by molar-refractivity contribution is -0.147. The molecule has 6 heteroatoms. The molecule has 0 aliphatic carbocycles. The maximum atomic E-state index is 11.7. The zero-order valence-corrected chi connectivity index (χ0v) is 13.0. The second-order valence-electron chi connectivity index (χ2n) is 4.54. The summed E-state index contributed by atoms with van der Waals surface area (Å²) >= 11 is 2.15. The van der Waals surface area contributed by atoms with Gasteiger partial charge >= 0.3 is 12.0 Å². The van der Waals surface area contributed by atoms with Gasteiger partial charge in [-0.15, -0.1) is 0 Å². The molecule has 5 nitrogen and oxygen atoms in total. The maximum Gasteiger partial charge on any atom is 0.319 e. The Kier molecular flexibility index (Phi) is 5.59. The minimum Gasteiger partial charge on any atom is -0.481 e. The van der Waals surface area contributed by atoms with Crippen LogP contribution in [0, 0.1) is 8.99 Å². The smallest absolute Gasteiger partial charge is 0.319 e. The van der Waals surface area contributed by atoms with Gasteiger partial charge in [0.15, 0.2) is 0 Å². The lowest BCUT2D eigenvalue weighted by Crippen LogP contribution is -2.42. The van der Waals surface area contributed by atoms with Gasteiger partial charge in [0.1, 0.15) is 0 Å². The van der Waals surface area contributed by atoms with E-state index in [4.69, 9.17) is 5.11 Å². The van der Waals surface area contributed by atoms with Crippen molar-refractivity contribution >= 4 is 40.3 Å². The van der Waals surface area contributed by atoms with Crippen molar-refractivity contribution in [1.82, 2.24) is 5.32 Å². The van der Waals surface area contributed by atoms with E-state index in [9.17, 15) is 9.59 Å².